The average Bonchev–Trinajstić information content (AvgIpc) is 2.80. The van der Waals surface area contributed by atoms with Crippen LogP contribution in [-0.2, 0) is 20.3 Å². The first kappa shape index (κ1) is 20.2. The van der Waals surface area contributed by atoms with Gasteiger partial charge in [0.2, 0.25) is 0 Å². The molecule has 0 radical (unpaired) electrons. The molecule has 0 amide bonds. The van der Waals surface area contributed by atoms with Gasteiger partial charge in [-0.25, -0.2) is 18.4 Å². The number of pyridine rings is 1. The van der Waals surface area contributed by atoms with Crippen LogP contribution in [0.15, 0.2) is 59.6 Å². The minimum Gasteiger partial charge on any atom is -0.497 e. The molecule has 0 N–H and O–H groups in total. The maximum atomic E-state index is 13.0. The van der Waals surface area contributed by atoms with Crippen LogP contribution in [-0.4, -0.2) is 56.8 Å². The highest BCUT2D eigenvalue weighted by Gasteiger charge is 2.21. The number of benzene rings is 1. The fraction of sp³-hybridized carbons (Fsp3) is 0.286. The number of morpholine rings is 1. The van der Waals surface area contributed by atoms with Gasteiger partial charge < -0.3 is 14.4 Å². The maximum absolute atomic E-state index is 13.0. The molecule has 3 aromatic rings. The smallest absolute Gasteiger partial charge is 0.184 e. The predicted molar refractivity (Wildman–Crippen MR) is 112 cm³/mol. The number of nitrogens with zero attached hydrogens (tertiary/aromatic N) is 4. The molecule has 3 heterocycles. The summed E-state index contributed by atoms with van der Waals surface area (Å²) in [4.78, 5) is 15.8. The summed E-state index contributed by atoms with van der Waals surface area (Å²) in [5.74, 6) is 1.44. The molecule has 0 spiro atoms. The number of methoxy groups -OCH3 is 1. The van der Waals surface area contributed by atoms with Crippen LogP contribution in [0.2, 0.25) is 0 Å². The maximum Gasteiger partial charge on any atom is 0.184 e. The number of rotatable bonds is 6. The number of anilines is 1. The van der Waals surface area contributed by atoms with E-state index in [1.54, 1.807) is 30.5 Å². The fourth-order valence-electron chi connectivity index (χ4n) is 3.18. The standard InChI is InChI=1S/C21H22N4O4S/c1-28-17-5-7-18(8-6-17)30(26,27)15-16-14-20(25-10-12-29-13-11-25)24-21(23-16)19-4-2-3-9-22-19/h2-9,14H,10-13,15H2,1H3. The molecule has 1 aliphatic heterocycles. The summed E-state index contributed by atoms with van der Waals surface area (Å²) < 4.78 is 36.5. The molecule has 4 rings (SSSR count). The molecule has 1 aromatic carbocycles. The van der Waals surface area contributed by atoms with Crippen LogP contribution in [0.1, 0.15) is 5.69 Å². The number of hydrogen-bond acceptors (Lipinski definition) is 8. The lowest BCUT2D eigenvalue weighted by atomic mass is 10.3. The van der Waals surface area contributed by atoms with Crippen molar-refractivity contribution in [3.8, 4) is 17.3 Å². The van der Waals surface area contributed by atoms with E-state index in [1.165, 1.54) is 19.2 Å². The van der Waals surface area contributed by atoms with Gasteiger partial charge in [-0.3, -0.25) is 4.98 Å². The van der Waals surface area contributed by atoms with Gasteiger partial charge in [0.25, 0.3) is 0 Å². The van der Waals surface area contributed by atoms with Crippen LogP contribution >= 0.6 is 0 Å². The van der Waals surface area contributed by atoms with Crippen molar-refractivity contribution in [2.24, 2.45) is 0 Å². The van der Waals surface area contributed by atoms with Gasteiger partial charge in [-0.2, -0.15) is 0 Å². The lowest BCUT2D eigenvalue weighted by molar-refractivity contribution is 0.122. The zero-order valence-corrected chi connectivity index (χ0v) is 17.4. The average molecular weight is 426 g/mol. The van der Waals surface area contributed by atoms with Crippen molar-refractivity contribution < 1.29 is 17.9 Å². The van der Waals surface area contributed by atoms with Gasteiger partial charge in [0.15, 0.2) is 15.7 Å². The van der Waals surface area contributed by atoms with Gasteiger partial charge >= 0.3 is 0 Å². The molecular weight excluding hydrogens is 404 g/mol. The zero-order chi connectivity index (χ0) is 21.0. The Morgan fingerprint density at radius 3 is 2.50 bits per heavy atom. The highest BCUT2D eigenvalue weighted by molar-refractivity contribution is 7.90. The van der Waals surface area contributed by atoms with Crippen molar-refractivity contribution in [3.05, 3.63) is 60.4 Å². The van der Waals surface area contributed by atoms with E-state index in [-0.39, 0.29) is 10.6 Å². The Morgan fingerprint density at radius 1 is 1.07 bits per heavy atom. The number of sulfone groups is 1. The van der Waals surface area contributed by atoms with Crippen molar-refractivity contribution in [2.45, 2.75) is 10.6 Å². The van der Waals surface area contributed by atoms with Gasteiger partial charge in [0.1, 0.15) is 17.3 Å². The predicted octanol–water partition coefficient (Wildman–Crippen LogP) is 2.36. The topological polar surface area (TPSA) is 94.5 Å². The Morgan fingerprint density at radius 2 is 1.83 bits per heavy atom. The molecule has 1 aliphatic rings. The molecule has 0 atom stereocenters. The van der Waals surface area contributed by atoms with Gasteiger partial charge in [-0.1, -0.05) is 6.07 Å². The molecular formula is C21H22N4O4S. The summed E-state index contributed by atoms with van der Waals surface area (Å²) in [6, 6.07) is 13.5. The van der Waals surface area contributed by atoms with Crippen molar-refractivity contribution in [1.29, 1.82) is 0 Å². The second-order valence-corrected chi connectivity index (χ2v) is 8.78. The number of aromatic nitrogens is 3. The fourth-order valence-corrected chi connectivity index (χ4v) is 4.44. The summed E-state index contributed by atoms with van der Waals surface area (Å²) in [6.45, 7) is 2.57. The first-order valence-corrected chi connectivity index (χ1v) is 11.2. The summed E-state index contributed by atoms with van der Waals surface area (Å²) >= 11 is 0. The van der Waals surface area contributed by atoms with Gasteiger partial charge in [0, 0.05) is 25.4 Å². The Balaban J connectivity index is 1.70. The van der Waals surface area contributed by atoms with Crippen molar-refractivity contribution in [1.82, 2.24) is 15.0 Å². The molecule has 0 aliphatic carbocycles. The van der Waals surface area contributed by atoms with Crippen molar-refractivity contribution >= 4 is 15.7 Å². The molecule has 0 bridgehead atoms. The minimum absolute atomic E-state index is 0.217. The molecule has 8 nitrogen and oxygen atoms in total. The molecule has 2 aromatic heterocycles. The van der Waals surface area contributed by atoms with Gasteiger partial charge in [-0.15, -0.1) is 0 Å². The van der Waals surface area contributed by atoms with E-state index >= 15 is 0 Å². The zero-order valence-electron chi connectivity index (χ0n) is 16.6. The second-order valence-electron chi connectivity index (χ2n) is 6.79. The highest BCUT2D eigenvalue weighted by atomic mass is 32.2. The van der Waals surface area contributed by atoms with E-state index in [1.807, 2.05) is 12.1 Å². The first-order valence-electron chi connectivity index (χ1n) is 9.54. The van der Waals surface area contributed by atoms with Crippen LogP contribution in [0, 0.1) is 0 Å². The van der Waals surface area contributed by atoms with E-state index in [2.05, 4.69) is 19.9 Å². The Kier molecular flexibility index (Phi) is 5.91. The molecule has 9 heteroatoms. The summed E-state index contributed by atoms with van der Waals surface area (Å²) in [5.41, 5.74) is 1.01. The van der Waals surface area contributed by atoms with Crippen molar-refractivity contribution in [2.75, 3.05) is 38.3 Å². The Hall–Kier alpha value is -3.04. The highest BCUT2D eigenvalue weighted by Crippen LogP contribution is 2.24. The van der Waals surface area contributed by atoms with Gasteiger partial charge in [-0.05, 0) is 36.4 Å². The second kappa shape index (κ2) is 8.76. The minimum atomic E-state index is -3.59. The van der Waals surface area contributed by atoms with Crippen LogP contribution in [0.25, 0.3) is 11.5 Å². The summed E-state index contributed by atoms with van der Waals surface area (Å²) in [6.07, 6.45) is 1.66. The normalized spacial score (nSPS) is 14.5. The molecule has 30 heavy (non-hydrogen) atoms. The van der Waals surface area contributed by atoms with Gasteiger partial charge in [0.05, 0.1) is 36.7 Å². The molecule has 1 saturated heterocycles. The van der Waals surface area contributed by atoms with E-state index in [0.717, 1.165) is 0 Å². The van der Waals surface area contributed by atoms with E-state index in [9.17, 15) is 8.42 Å². The monoisotopic (exact) mass is 426 g/mol. The van der Waals surface area contributed by atoms with Crippen LogP contribution in [0.5, 0.6) is 5.75 Å². The van der Waals surface area contributed by atoms with Crippen LogP contribution < -0.4 is 9.64 Å². The van der Waals surface area contributed by atoms with Crippen molar-refractivity contribution in [3.63, 3.8) is 0 Å². The molecule has 1 fully saturated rings. The third-order valence-corrected chi connectivity index (χ3v) is 6.42. The molecule has 0 unspecified atom stereocenters. The molecule has 156 valence electrons. The SMILES string of the molecule is COc1ccc(S(=O)(=O)Cc2cc(N3CCOCC3)nc(-c3ccccn3)n2)cc1. The van der Waals surface area contributed by atoms with E-state index in [0.29, 0.717) is 55.1 Å². The number of hydrogen-bond donors (Lipinski definition) is 0. The van der Waals surface area contributed by atoms with E-state index in [4.69, 9.17) is 9.47 Å². The summed E-state index contributed by atoms with van der Waals surface area (Å²) in [7, 11) is -2.06. The Bertz CT molecular complexity index is 1100. The first-order chi connectivity index (χ1) is 14.5. The van der Waals surface area contributed by atoms with Crippen LogP contribution in [0.4, 0.5) is 5.82 Å². The number of ether oxygens (including phenoxy) is 2. The molecule has 0 saturated carbocycles. The largest absolute Gasteiger partial charge is 0.497 e. The lowest BCUT2D eigenvalue weighted by Gasteiger charge is -2.28. The van der Waals surface area contributed by atoms with E-state index < -0.39 is 9.84 Å². The summed E-state index contributed by atoms with van der Waals surface area (Å²) in [5, 5.41) is 0. The Labute approximate surface area is 175 Å². The van der Waals surface area contributed by atoms with Crippen LogP contribution in [0.3, 0.4) is 0 Å². The third kappa shape index (κ3) is 4.58. The lowest BCUT2D eigenvalue weighted by Crippen LogP contribution is -2.37. The quantitative estimate of drug-likeness (QED) is 0.593. The third-order valence-electron chi connectivity index (χ3n) is 4.75.